The molecule has 1 heterocycles. The number of carboxylic acids is 1. The zero-order chi connectivity index (χ0) is 15.0. The van der Waals surface area contributed by atoms with E-state index in [4.69, 9.17) is 28.3 Å². The lowest BCUT2D eigenvalue weighted by Gasteiger charge is -2.04. The van der Waals surface area contributed by atoms with Gasteiger partial charge in [-0.25, -0.2) is 9.48 Å². The first-order valence-corrected chi connectivity index (χ1v) is 6.80. The van der Waals surface area contributed by atoms with Gasteiger partial charge in [0, 0.05) is 0 Å². The number of aromatic nitrogens is 3. The monoisotopic (exact) mass is 321 g/mol. The van der Waals surface area contributed by atoms with Gasteiger partial charge in [-0.15, -0.1) is 5.10 Å². The number of rotatable bonds is 3. The van der Waals surface area contributed by atoms with Gasteiger partial charge in [-0.05, 0) is 29.8 Å². The maximum atomic E-state index is 11.0. The Morgan fingerprint density at radius 2 is 1.95 bits per heavy atom. The van der Waals surface area contributed by atoms with E-state index in [1.807, 2.05) is 6.07 Å². The topological polar surface area (TPSA) is 68.0 Å². The van der Waals surface area contributed by atoms with Crippen LogP contribution in [0.4, 0.5) is 0 Å². The Balaban J connectivity index is 2.00. The second kappa shape index (κ2) is 5.35. The predicted molar refractivity (Wildman–Crippen MR) is 80.1 cm³/mol. The number of fused-ring (bicyclic) bond motifs is 1. The molecule has 3 aromatic rings. The summed E-state index contributed by atoms with van der Waals surface area (Å²) in [5.74, 6) is -0.963. The summed E-state index contributed by atoms with van der Waals surface area (Å²) in [6, 6.07) is 10.0. The van der Waals surface area contributed by atoms with Crippen LogP contribution in [-0.2, 0) is 6.54 Å². The number of carbonyl (C=O) groups is 1. The summed E-state index contributed by atoms with van der Waals surface area (Å²) in [6.45, 7) is 0.398. The molecule has 0 aliphatic rings. The molecular formula is C14H9Cl2N3O2. The van der Waals surface area contributed by atoms with E-state index in [0.717, 1.165) is 11.1 Å². The van der Waals surface area contributed by atoms with Crippen LogP contribution in [0.25, 0.3) is 11.0 Å². The van der Waals surface area contributed by atoms with Crippen LogP contribution in [0.1, 0.15) is 15.9 Å². The van der Waals surface area contributed by atoms with Crippen LogP contribution in [0.2, 0.25) is 10.0 Å². The summed E-state index contributed by atoms with van der Waals surface area (Å²) < 4.78 is 1.65. The molecule has 0 atom stereocenters. The summed E-state index contributed by atoms with van der Waals surface area (Å²) in [7, 11) is 0. The highest BCUT2D eigenvalue weighted by Crippen LogP contribution is 2.26. The summed E-state index contributed by atoms with van der Waals surface area (Å²) in [5.41, 5.74) is 2.43. The van der Waals surface area contributed by atoms with Gasteiger partial charge in [0.15, 0.2) is 0 Å². The number of aromatic carboxylic acids is 1. The van der Waals surface area contributed by atoms with Crippen LogP contribution in [0.5, 0.6) is 0 Å². The maximum absolute atomic E-state index is 11.0. The summed E-state index contributed by atoms with van der Waals surface area (Å²) >= 11 is 11.9. The van der Waals surface area contributed by atoms with E-state index in [9.17, 15) is 4.79 Å². The van der Waals surface area contributed by atoms with E-state index < -0.39 is 5.97 Å². The third kappa shape index (κ3) is 2.70. The standard InChI is InChI=1S/C14H9Cl2N3O2/c15-10-5-12-13(6-11(10)16)19(18-17-12)7-8-2-1-3-9(4-8)14(20)21/h1-6H,7H2,(H,20,21). The lowest BCUT2D eigenvalue weighted by Crippen LogP contribution is -2.04. The van der Waals surface area contributed by atoms with Crippen LogP contribution in [0, 0.1) is 0 Å². The fourth-order valence-electron chi connectivity index (χ4n) is 2.06. The van der Waals surface area contributed by atoms with Crippen molar-refractivity contribution in [2.75, 3.05) is 0 Å². The molecule has 0 bridgehead atoms. The van der Waals surface area contributed by atoms with Crippen molar-refractivity contribution in [3.8, 4) is 0 Å². The largest absolute Gasteiger partial charge is 0.478 e. The minimum atomic E-state index is -0.963. The highest BCUT2D eigenvalue weighted by atomic mass is 35.5. The molecule has 1 aromatic heterocycles. The molecular weight excluding hydrogens is 313 g/mol. The van der Waals surface area contributed by atoms with E-state index in [-0.39, 0.29) is 5.56 Å². The summed E-state index contributed by atoms with van der Waals surface area (Å²) in [5, 5.41) is 17.9. The molecule has 0 unspecified atom stereocenters. The van der Waals surface area contributed by atoms with Crippen molar-refractivity contribution in [1.29, 1.82) is 0 Å². The molecule has 0 saturated carbocycles. The van der Waals surface area contributed by atoms with Gasteiger partial charge in [0.05, 0.1) is 27.7 Å². The van der Waals surface area contributed by atoms with Crippen molar-refractivity contribution >= 4 is 40.2 Å². The third-order valence-electron chi connectivity index (χ3n) is 3.06. The minimum Gasteiger partial charge on any atom is -0.478 e. The van der Waals surface area contributed by atoms with Crippen LogP contribution < -0.4 is 0 Å². The minimum absolute atomic E-state index is 0.234. The van der Waals surface area contributed by atoms with E-state index in [2.05, 4.69) is 10.3 Å². The van der Waals surface area contributed by atoms with E-state index in [1.165, 1.54) is 0 Å². The highest BCUT2D eigenvalue weighted by molar-refractivity contribution is 6.42. The number of hydrogen-bond acceptors (Lipinski definition) is 3. The van der Waals surface area contributed by atoms with Crippen molar-refractivity contribution in [3.63, 3.8) is 0 Å². The normalized spacial score (nSPS) is 11.0. The number of carboxylic acid groups (broad SMARTS) is 1. The Bertz CT molecular complexity index is 845. The van der Waals surface area contributed by atoms with Crippen molar-refractivity contribution < 1.29 is 9.90 Å². The molecule has 1 N–H and O–H groups in total. The average Bonchev–Trinajstić information content (AvgIpc) is 2.82. The van der Waals surface area contributed by atoms with Gasteiger partial charge in [-0.3, -0.25) is 0 Å². The molecule has 0 aliphatic carbocycles. The molecule has 21 heavy (non-hydrogen) atoms. The van der Waals surface area contributed by atoms with Crippen LogP contribution in [0.15, 0.2) is 36.4 Å². The molecule has 106 valence electrons. The second-order valence-electron chi connectivity index (χ2n) is 4.51. The van der Waals surface area contributed by atoms with Gasteiger partial charge in [-0.1, -0.05) is 40.5 Å². The maximum Gasteiger partial charge on any atom is 0.335 e. The van der Waals surface area contributed by atoms with Crippen molar-refractivity contribution in [1.82, 2.24) is 15.0 Å². The Labute approximate surface area is 129 Å². The lowest BCUT2D eigenvalue weighted by atomic mass is 10.1. The fourth-order valence-corrected chi connectivity index (χ4v) is 2.37. The zero-order valence-corrected chi connectivity index (χ0v) is 12.1. The van der Waals surface area contributed by atoms with Gasteiger partial charge in [0.2, 0.25) is 0 Å². The van der Waals surface area contributed by atoms with E-state index >= 15 is 0 Å². The number of halogens is 2. The molecule has 0 saturated heterocycles. The van der Waals surface area contributed by atoms with Crippen molar-refractivity contribution in [2.24, 2.45) is 0 Å². The first kappa shape index (κ1) is 13.9. The van der Waals surface area contributed by atoms with Gasteiger partial charge in [0.1, 0.15) is 5.52 Å². The average molecular weight is 322 g/mol. The number of nitrogens with zero attached hydrogens (tertiary/aromatic N) is 3. The Hall–Kier alpha value is -2.11. The van der Waals surface area contributed by atoms with Crippen molar-refractivity contribution in [2.45, 2.75) is 6.54 Å². The lowest BCUT2D eigenvalue weighted by molar-refractivity contribution is 0.0696. The second-order valence-corrected chi connectivity index (χ2v) is 5.32. The van der Waals surface area contributed by atoms with Gasteiger partial charge in [-0.2, -0.15) is 0 Å². The van der Waals surface area contributed by atoms with Crippen LogP contribution >= 0.6 is 23.2 Å². The molecule has 3 rings (SSSR count). The Kier molecular flexibility index (Phi) is 3.53. The first-order valence-electron chi connectivity index (χ1n) is 6.05. The predicted octanol–water partition coefficient (Wildman–Crippen LogP) is 3.48. The third-order valence-corrected chi connectivity index (χ3v) is 3.78. The van der Waals surface area contributed by atoms with Crippen molar-refractivity contribution in [3.05, 3.63) is 57.6 Å². The molecule has 2 aromatic carbocycles. The molecule has 0 radical (unpaired) electrons. The molecule has 5 nitrogen and oxygen atoms in total. The fraction of sp³-hybridized carbons (Fsp3) is 0.0714. The molecule has 0 fully saturated rings. The van der Waals surface area contributed by atoms with Gasteiger partial charge < -0.3 is 5.11 Å². The SMILES string of the molecule is O=C(O)c1cccc(Cn2nnc3cc(Cl)c(Cl)cc32)c1. The highest BCUT2D eigenvalue weighted by Gasteiger charge is 2.10. The first-order chi connectivity index (χ1) is 10.0. The van der Waals surface area contributed by atoms with Gasteiger partial charge in [0.25, 0.3) is 0 Å². The number of hydrogen-bond donors (Lipinski definition) is 1. The number of benzene rings is 2. The van der Waals surface area contributed by atoms with E-state index in [1.54, 1.807) is 35.0 Å². The molecule has 0 aliphatic heterocycles. The summed E-state index contributed by atoms with van der Waals surface area (Å²) in [4.78, 5) is 11.0. The Morgan fingerprint density at radius 1 is 1.19 bits per heavy atom. The van der Waals surface area contributed by atoms with Gasteiger partial charge >= 0.3 is 5.97 Å². The summed E-state index contributed by atoms with van der Waals surface area (Å²) in [6.07, 6.45) is 0. The van der Waals surface area contributed by atoms with E-state index in [0.29, 0.717) is 22.1 Å². The van der Waals surface area contributed by atoms with Crippen LogP contribution in [-0.4, -0.2) is 26.1 Å². The molecule has 0 amide bonds. The molecule has 0 spiro atoms. The Morgan fingerprint density at radius 3 is 2.71 bits per heavy atom. The smallest absolute Gasteiger partial charge is 0.335 e. The van der Waals surface area contributed by atoms with Crippen LogP contribution in [0.3, 0.4) is 0 Å². The molecule has 7 heteroatoms. The zero-order valence-electron chi connectivity index (χ0n) is 10.6. The quantitative estimate of drug-likeness (QED) is 0.801.